The van der Waals surface area contributed by atoms with Crippen molar-refractivity contribution >= 4 is 11.8 Å². The van der Waals surface area contributed by atoms with Crippen molar-refractivity contribution in [2.75, 3.05) is 12.8 Å². The zero-order valence-corrected chi connectivity index (χ0v) is 10.1. The molecular weight excluding hydrogens is 208 g/mol. The second-order valence-corrected chi connectivity index (χ2v) is 5.46. The average Bonchev–Trinajstić information content (AvgIpc) is 2.66. The van der Waals surface area contributed by atoms with Crippen molar-refractivity contribution < 1.29 is 4.42 Å². The number of nitrogens with zero attached hydrogens (tertiary/aromatic N) is 1. The standard InChI is InChI=1S/C11H16N2OS/c1-11(2,15-3)8-13-7-10-5-4-9(6-12)14-10/h4-5,13H,7-8H2,1-3H3. The van der Waals surface area contributed by atoms with Gasteiger partial charge in [-0.05, 0) is 32.2 Å². The molecule has 0 bridgehead atoms. The highest BCUT2D eigenvalue weighted by Gasteiger charge is 2.15. The molecule has 0 spiro atoms. The van der Waals surface area contributed by atoms with Crippen LogP contribution in [0.2, 0.25) is 0 Å². The summed E-state index contributed by atoms with van der Waals surface area (Å²) in [4.78, 5) is 0. The first-order valence-corrected chi connectivity index (χ1v) is 6.04. The van der Waals surface area contributed by atoms with Crippen LogP contribution in [0.5, 0.6) is 0 Å². The smallest absolute Gasteiger partial charge is 0.203 e. The van der Waals surface area contributed by atoms with Crippen molar-refractivity contribution in [3.8, 4) is 6.07 Å². The van der Waals surface area contributed by atoms with Gasteiger partial charge in [0.25, 0.3) is 0 Å². The van der Waals surface area contributed by atoms with Crippen molar-refractivity contribution in [1.82, 2.24) is 5.32 Å². The van der Waals surface area contributed by atoms with E-state index in [1.54, 1.807) is 6.07 Å². The minimum Gasteiger partial charge on any atom is -0.449 e. The highest BCUT2D eigenvalue weighted by Crippen LogP contribution is 2.19. The third-order valence-electron chi connectivity index (χ3n) is 2.17. The summed E-state index contributed by atoms with van der Waals surface area (Å²) in [5.41, 5.74) is 0. The predicted molar refractivity (Wildman–Crippen MR) is 62.7 cm³/mol. The quantitative estimate of drug-likeness (QED) is 0.834. The SMILES string of the molecule is CSC(C)(C)CNCc1ccc(C#N)o1. The van der Waals surface area contributed by atoms with Gasteiger partial charge in [-0.2, -0.15) is 17.0 Å². The van der Waals surface area contributed by atoms with Gasteiger partial charge in [-0.25, -0.2) is 0 Å². The van der Waals surface area contributed by atoms with Crippen LogP contribution in [0.25, 0.3) is 0 Å². The molecule has 1 heterocycles. The Morgan fingerprint density at radius 1 is 1.53 bits per heavy atom. The van der Waals surface area contributed by atoms with E-state index in [1.165, 1.54) is 0 Å². The molecule has 3 nitrogen and oxygen atoms in total. The van der Waals surface area contributed by atoms with Crippen LogP contribution in [-0.4, -0.2) is 17.5 Å². The van der Waals surface area contributed by atoms with Crippen molar-refractivity contribution in [3.05, 3.63) is 23.7 Å². The summed E-state index contributed by atoms with van der Waals surface area (Å²) in [5, 5.41) is 11.9. The Hall–Kier alpha value is -0.920. The second-order valence-electron chi connectivity index (χ2n) is 3.95. The number of hydrogen-bond acceptors (Lipinski definition) is 4. The van der Waals surface area contributed by atoms with E-state index in [0.29, 0.717) is 12.3 Å². The molecule has 0 radical (unpaired) electrons. The van der Waals surface area contributed by atoms with E-state index >= 15 is 0 Å². The van der Waals surface area contributed by atoms with Crippen molar-refractivity contribution in [1.29, 1.82) is 5.26 Å². The Labute approximate surface area is 94.8 Å². The van der Waals surface area contributed by atoms with E-state index in [-0.39, 0.29) is 4.75 Å². The molecule has 1 rings (SSSR count). The molecule has 0 saturated carbocycles. The zero-order valence-electron chi connectivity index (χ0n) is 9.33. The van der Waals surface area contributed by atoms with Gasteiger partial charge in [0.2, 0.25) is 5.76 Å². The first kappa shape index (κ1) is 12.2. The fourth-order valence-electron chi connectivity index (χ4n) is 1.09. The highest BCUT2D eigenvalue weighted by molar-refractivity contribution is 7.99. The van der Waals surface area contributed by atoms with Gasteiger partial charge in [0.15, 0.2) is 0 Å². The lowest BCUT2D eigenvalue weighted by Crippen LogP contribution is -2.31. The maximum Gasteiger partial charge on any atom is 0.203 e. The number of nitrogens with one attached hydrogen (secondary N) is 1. The molecule has 1 N–H and O–H groups in total. The Morgan fingerprint density at radius 3 is 2.80 bits per heavy atom. The average molecular weight is 224 g/mol. The molecule has 4 heteroatoms. The minimum absolute atomic E-state index is 0.227. The maximum atomic E-state index is 8.58. The third-order valence-corrected chi connectivity index (χ3v) is 3.42. The van der Waals surface area contributed by atoms with Crippen LogP contribution in [0.1, 0.15) is 25.4 Å². The molecule has 0 atom stereocenters. The fourth-order valence-corrected chi connectivity index (χ4v) is 1.34. The van der Waals surface area contributed by atoms with E-state index in [4.69, 9.17) is 9.68 Å². The van der Waals surface area contributed by atoms with E-state index in [9.17, 15) is 0 Å². The number of rotatable bonds is 5. The molecule has 0 fully saturated rings. The van der Waals surface area contributed by atoms with Gasteiger partial charge in [0.05, 0.1) is 6.54 Å². The largest absolute Gasteiger partial charge is 0.449 e. The van der Waals surface area contributed by atoms with Crippen LogP contribution in [0.15, 0.2) is 16.5 Å². The summed E-state index contributed by atoms with van der Waals surface area (Å²) in [6.45, 7) is 5.96. The molecular formula is C11H16N2OS. The molecule has 1 aromatic heterocycles. The molecule has 0 unspecified atom stereocenters. The molecule has 0 saturated heterocycles. The Balaban J connectivity index is 2.35. The lowest BCUT2D eigenvalue weighted by Gasteiger charge is -2.21. The van der Waals surface area contributed by atoms with E-state index < -0.39 is 0 Å². The topological polar surface area (TPSA) is 49.0 Å². The summed E-state index contributed by atoms with van der Waals surface area (Å²) in [7, 11) is 0. The fraction of sp³-hybridized carbons (Fsp3) is 0.545. The zero-order chi connectivity index (χ0) is 11.3. The van der Waals surface area contributed by atoms with Crippen molar-refractivity contribution in [2.24, 2.45) is 0 Å². The molecule has 0 aliphatic rings. The van der Waals surface area contributed by atoms with Crippen LogP contribution >= 0.6 is 11.8 Å². The van der Waals surface area contributed by atoms with Crippen molar-refractivity contribution in [3.63, 3.8) is 0 Å². The first-order chi connectivity index (χ1) is 7.07. The van der Waals surface area contributed by atoms with E-state index in [2.05, 4.69) is 25.4 Å². The molecule has 0 aliphatic carbocycles. The van der Waals surface area contributed by atoms with Crippen LogP contribution < -0.4 is 5.32 Å². The second kappa shape index (κ2) is 5.24. The number of nitriles is 1. The third kappa shape index (κ3) is 3.98. The maximum absolute atomic E-state index is 8.58. The van der Waals surface area contributed by atoms with Gasteiger partial charge in [0, 0.05) is 11.3 Å². The summed E-state index contributed by atoms with van der Waals surface area (Å²) >= 11 is 1.83. The number of hydrogen-bond donors (Lipinski definition) is 1. The van der Waals surface area contributed by atoms with Gasteiger partial charge in [-0.1, -0.05) is 0 Å². The molecule has 82 valence electrons. The van der Waals surface area contributed by atoms with Crippen LogP contribution in [0.4, 0.5) is 0 Å². The van der Waals surface area contributed by atoms with Crippen molar-refractivity contribution in [2.45, 2.75) is 25.1 Å². The highest BCUT2D eigenvalue weighted by atomic mass is 32.2. The minimum atomic E-state index is 0.227. The normalized spacial score (nSPS) is 11.3. The Bertz CT molecular complexity index is 352. The van der Waals surface area contributed by atoms with Gasteiger partial charge >= 0.3 is 0 Å². The lowest BCUT2D eigenvalue weighted by molar-refractivity contribution is 0.465. The molecule has 0 aliphatic heterocycles. The number of furan rings is 1. The lowest BCUT2D eigenvalue weighted by atomic mass is 10.2. The first-order valence-electron chi connectivity index (χ1n) is 4.82. The molecule has 15 heavy (non-hydrogen) atoms. The predicted octanol–water partition coefficient (Wildman–Crippen LogP) is 2.38. The summed E-state index contributed by atoms with van der Waals surface area (Å²) in [5.74, 6) is 1.18. The van der Waals surface area contributed by atoms with Crippen LogP contribution in [-0.2, 0) is 6.54 Å². The Morgan fingerprint density at radius 2 is 2.27 bits per heavy atom. The van der Waals surface area contributed by atoms with Crippen LogP contribution in [0, 0.1) is 11.3 Å². The van der Waals surface area contributed by atoms with Gasteiger partial charge in [-0.3, -0.25) is 0 Å². The molecule has 1 aromatic rings. The monoisotopic (exact) mass is 224 g/mol. The van der Waals surface area contributed by atoms with Gasteiger partial charge < -0.3 is 9.73 Å². The summed E-state index contributed by atoms with van der Waals surface area (Å²) in [6, 6.07) is 5.49. The van der Waals surface area contributed by atoms with Gasteiger partial charge in [0.1, 0.15) is 11.8 Å². The van der Waals surface area contributed by atoms with E-state index in [0.717, 1.165) is 12.3 Å². The van der Waals surface area contributed by atoms with E-state index in [1.807, 2.05) is 23.9 Å². The number of thioether (sulfide) groups is 1. The molecule has 0 amide bonds. The summed E-state index contributed by atoms with van der Waals surface area (Å²) in [6.07, 6.45) is 2.10. The van der Waals surface area contributed by atoms with Crippen LogP contribution in [0.3, 0.4) is 0 Å². The molecule has 0 aromatic carbocycles. The summed E-state index contributed by atoms with van der Waals surface area (Å²) < 4.78 is 5.48. The Kier molecular flexibility index (Phi) is 4.25. The van der Waals surface area contributed by atoms with Gasteiger partial charge in [-0.15, -0.1) is 0 Å².